The fraction of sp³-hybridized carbons (Fsp3) is 0.200. The van der Waals surface area contributed by atoms with Gasteiger partial charge in [-0.3, -0.25) is 4.79 Å². The van der Waals surface area contributed by atoms with Crippen molar-refractivity contribution in [1.82, 2.24) is 9.88 Å². The van der Waals surface area contributed by atoms with Crippen molar-refractivity contribution in [2.45, 2.75) is 18.9 Å². The number of halogens is 1. The number of fused-ring (bicyclic) bond motifs is 1. The van der Waals surface area contributed by atoms with Crippen molar-refractivity contribution >= 4 is 32.9 Å². The number of carbonyl (C=O) groups excluding carboxylic acids is 1. The average Bonchev–Trinajstić information content (AvgIpc) is 3.45. The number of likely N-dealkylation sites (tertiary alicyclic amines) is 1. The Morgan fingerprint density at radius 3 is 2.84 bits per heavy atom. The molecule has 0 bridgehead atoms. The molecule has 1 atom stereocenters. The lowest BCUT2D eigenvalue weighted by Gasteiger charge is -2.22. The SMILES string of the molecule is COc1ccccc1-c1ccc2oc([C@H]3CCCN3C(=O)c3cccc(Br)c3)nc2c1. The van der Waals surface area contributed by atoms with Gasteiger partial charge in [-0.2, -0.15) is 0 Å². The molecule has 0 saturated carbocycles. The first-order valence-corrected chi connectivity index (χ1v) is 11.0. The van der Waals surface area contributed by atoms with Crippen LogP contribution in [0.25, 0.3) is 22.2 Å². The maximum Gasteiger partial charge on any atom is 0.254 e. The van der Waals surface area contributed by atoms with Gasteiger partial charge in [-0.15, -0.1) is 0 Å². The maximum atomic E-state index is 13.1. The molecule has 1 aromatic heterocycles. The molecule has 1 aliphatic rings. The number of rotatable bonds is 4. The van der Waals surface area contributed by atoms with E-state index in [1.165, 1.54) is 0 Å². The minimum Gasteiger partial charge on any atom is -0.496 e. The van der Waals surface area contributed by atoms with E-state index in [2.05, 4.69) is 15.9 Å². The van der Waals surface area contributed by atoms with Crippen LogP contribution in [-0.2, 0) is 0 Å². The fourth-order valence-electron chi connectivity index (χ4n) is 4.19. The van der Waals surface area contributed by atoms with E-state index < -0.39 is 0 Å². The number of nitrogens with zero attached hydrogens (tertiary/aromatic N) is 2. The molecule has 3 aromatic carbocycles. The van der Waals surface area contributed by atoms with Gasteiger partial charge in [0.25, 0.3) is 5.91 Å². The summed E-state index contributed by atoms with van der Waals surface area (Å²) in [6.07, 6.45) is 1.77. The third kappa shape index (κ3) is 3.72. The Bertz CT molecular complexity index is 1270. The van der Waals surface area contributed by atoms with Crippen molar-refractivity contribution < 1.29 is 13.9 Å². The van der Waals surface area contributed by atoms with Gasteiger partial charge in [-0.1, -0.05) is 46.3 Å². The van der Waals surface area contributed by atoms with E-state index in [0.29, 0.717) is 18.0 Å². The third-order valence-corrected chi connectivity index (χ3v) is 6.19. The lowest BCUT2D eigenvalue weighted by molar-refractivity contribution is 0.0717. The minimum atomic E-state index is -0.159. The molecule has 1 fully saturated rings. The van der Waals surface area contributed by atoms with Crippen LogP contribution >= 0.6 is 15.9 Å². The van der Waals surface area contributed by atoms with Crippen LogP contribution in [0.3, 0.4) is 0 Å². The van der Waals surface area contributed by atoms with Crippen LogP contribution in [0.1, 0.15) is 35.1 Å². The Morgan fingerprint density at radius 1 is 1.13 bits per heavy atom. The van der Waals surface area contributed by atoms with Crippen molar-refractivity contribution in [3.8, 4) is 16.9 Å². The van der Waals surface area contributed by atoms with Gasteiger partial charge in [-0.25, -0.2) is 4.98 Å². The van der Waals surface area contributed by atoms with Crippen LogP contribution in [0, 0.1) is 0 Å². The number of hydrogen-bond donors (Lipinski definition) is 0. The molecule has 0 radical (unpaired) electrons. The molecule has 2 heterocycles. The summed E-state index contributed by atoms with van der Waals surface area (Å²) in [7, 11) is 1.67. The highest BCUT2D eigenvalue weighted by Crippen LogP contribution is 2.36. The summed E-state index contributed by atoms with van der Waals surface area (Å²) in [5.41, 5.74) is 4.17. The average molecular weight is 477 g/mol. The molecule has 0 spiro atoms. The summed E-state index contributed by atoms with van der Waals surface area (Å²) in [6, 6.07) is 21.2. The molecule has 6 heteroatoms. The van der Waals surface area contributed by atoms with Crippen molar-refractivity contribution in [2.24, 2.45) is 0 Å². The normalized spacial score (nSPS) is 16.1. The lowest BCUT2D eigenvalue weighted by atomic mass is 10.0. The highest BCUT2D eigenvalue weighted by Gasteiger charge is 2.34. The number of carbonyl (C=O) groups is 1. The number of methoxy groups -OCH3 is 1. The van der Waals surface area contributed by atoms with Gasteiger partial charge < -0.3 is 14.1 Å². The molecule has 0 unspecified atom stereocenters. The summed E-state index contributed by atoms with van der Waals surface area (Å²) in [5, 5.41) is 0. The van der Waals surface area contributed by atoms with E-state index in [1.807, 2.05) is 71.6 Å². The van der Waals surface area contributed by atoms with Gasteiger partial charge in [0.15, 0.2) is 5.58 Å². The molecule has 0 aliphatic carbocycles. The molecule has 156 valence electrons. The van der Waals surface area contributed by atoms with Crippen LogP contribution in [0.15, 0.2) is 75.6 Å². The number of aromatic nitrogens is 1. The lowest BCUT2D eigenvalue weighted by Crippen LogP contribution is -2.30. The highest BCUT2D eigenvalue weighted by molar-refractivity contribution is 9.10. The first-order valence-electron chi connectivity index (χ1n) is 10.2. The van der Waals surface area contributed by atoms with Gasteiger partial charge in [0.1, 0.15) is 17.3 Å². The zero-order valence-corrected chi connectivity index (χ0v) is 18.6. The van der Waals surface area contributed by atoms with Crippen LogP contribution in [0.2, 0.25) is 0 Å². The van der Waals surface area contributed by atoms with Gasteiger partial charge in [0, 0.05) is 22.1 Å². The summed E-state index contributed by atoms with van der Waals surface area (Å²) in [6.45, 7) is 0.696. The van der Waals surface area contributed by atoms with E-state index in [4.69, 9.17) is 14.1 Å². The molecule has 4 aromatic rings. The second-order valence-electron chi connectivity index (χ2n) is 7.60. The summed E-state index contributed by atoms with van der Waals surface area (Å²) < 4.78 is 12.5. The standard InChI is InChI=1S/C25H21BrN2O3/c1-30-22-10-3-2-8-19(22)16-11-12-23-20(15-16)27-24(31-23)21-9-5-13-28(21)25(29)17-6-4-7-18(26)14-17/h2-4,6-8,10-12,14-15,21H,5,9,13H2,1H3/t21-/m1/s1. The number of para-hydroxylation sites is 1. The Hall–Kier alpha value is -3.12. The molecule has 1 saturated heterocycles. The zero-order valence-electron chi connectivity index (χ0n) is 17.0. The second kappa shape index (κ2) is 8.19. The Kier molecular flexibility index (Phi) is 5.24. The van der Waals surface area contributed by atoms with Crippen molar-refractivity contribution in [3.63, 3.8) is 0 Å². The molecule has 31 heavy (non-hydrogen) atoms. The first-order chi connectivity index (χ1) is 15.1. The smallest absolute Gasteiger partial charge is 0.254 e. The molecule has 1 aliphatic heterocycles. The molecule has 5 rings (SSSR count). The zero-order chi connectivity index (χ0) is 21.4. The Morgan fingerprint density at radius 2 is 2.00 bits per heavy atom. The maximum absolute atomic E-state index is 13.1. The Labute approximate surface area is 188 Å². The quantitative estimate of drug-likeness (QED) is 0.349. The van der Waals surface area contributed by atoms with E-state index >= 15 is 0 Å². The van der Waals surface area contributed by atoms with Crippen LogP contribution in [0.4, 0.5) is 0 Å². The number of amides is 1. The predicted molar refractivity (Wildman–Crippen MR) is 123 cm³/mol. The van der Waals surface area contributed by atoms with Gasteiger partial charge in [0.05, 0.1) is 7.11 Å². The summed E-state index contributed by atoms with van der Waals surface area (Å²) in [4.78, 5) is 19.8. The molecule has 0 N–H and O–H groups in total. The Balaban J connectivity index is 1.48. The molecular formula is C25H21BrN2O3. The van der Waals surface area contributed by atoms with Crippen LogP contribution in [-0.4, -0.2) is 29.4 Å². The summed E-state index contributed by atoms with van der Waals surface area (Å²) in [5.74, 6) is 1.40. The van der Waals surface area contributed by atoms with Crippen molar-refractivity contribution in [2.75, 3.05) is 13.7 Å². The largest absolute Gasteiger partial charge is 0.496 e. The second-order valence-corrected chi connectivity index (χ2v) is 8.52. The first kappa shape index (κ1) is 19.8. The van der Waals surface area contributed by atoms with E-state index in [1.54, 1.807) is 7.11 Å². The van der Waals surface area contributed by atoms with Crippen LogP contribution in [0.5, 0.6) is 5.75 Å². The van der Waals surface area contributed by atoms with Crippen molar-refractivity contribution in [3.05, 3.63) is 82.7 Å². The topological polar surface area (TPSA) is 55.6 Å². The third-order valence-electron chi connectivity index (χ3n) is 5.69. The molecule has 5 nitrogen and oxygen atoms in total. The highest BCUT2D eigenvalue weighted by atomic mass is 79.9. The number of oxazole rings is 1. The van der Waals surface area contributed by atoms with Gasteiger partial charge in [0.2, 0.25) is 5.89 Å². The number of benzene rings is 3. The van der Waals surface area contributed by atoms with E-state index in [-0.39, 0.29) is 11.9 Å². The van der Waals surface area contributed by atoms with Gasteiger partial charge in [-0.05, 0) is 54.8 Å². The number of ether oxygens (including phenoxy) is 1. The van der Waals surface area contributed by atoms with E-state index in [9.17, 15) is 4.79 Å². The predicted octanol–water partition coefficient (Wildman–Crippen LogP) is 6.24. The number of hydrogen-bond acceptors (Lipinski definition) is 4. The van der Waals surface area contributed by atoms with Crippen LogP contribution < -0.4 is 4.74 Å². The minimum absolute atomic E-state index is 0.000710. The molecular weight excluding hydrogens is 456 g/mol. The monoisotopic (exact) mass is 476 g/mol. The fourth-order valence-corrected chi connectivity index (χ4v) is 4.59. The summed E-state index contributed by atoms with van der Waals surface area (Å²) >= 11 is 3.45. The molecule has 1 amide bonds. The van der Waals surface area contributed by atoms with Gasteiger partial charge >= 0.3 is 0 Å². The van der Waals surface area contributed by atoms with E-state index in [0.717, 1.165) is 45.3 Å². The van der Waals surface area contributed by atoms with Crippen molar-refractivity contribution in [1.29, 1.82) is 0 Å².